The van der Waals surface area contributed by atoms with Crippen LogP contribution in [0.4, 0.5) is 5.69 Å². The van der Waals surface area contributed by atoms with Crippen LogP contribution in [-0.4, -0.2) is 17.7 Å². The number of aromatic nitrogens is 1. The Hall–Kier alpha value is -1.33. The number of piperidine rings is 1. The smallest absolute Gasteiger partial charge is 0.204 e. The fourth-order valence-corrected chi connectivity index (χ4v) is 3.05. The Morgan fingerprint density at radius 2 is 2.29 bits per heavy atom. The molecule has 17 heavy (non-hydrogen) atoms. The van der Waals surface area contributed by atoms with E-state index >= 15 is 0 Å². The molecule has 89 valence electrons. The maximum absolute atomic E-state index is 12.0. The van der Waals surface area contributed by atoms with Gasteiger partial charge in [-0.3, -0.25) is 5.11 Å². The molecule has 1 fully saturated rings. The molecule has 1 atom stereocenters. The van der Waals surface area contributed by atoms with Crippen LogP contribution in [0.3, 0.4) is 0 Å². The highest BCUT2D eigenvalue weighted by Crippen LogP contribution is 2.36. The van der Waals surface area contributed by atoms with Gasteiger partial charge in [-0.2, -0.15) is 0 Å². The summed E-state index contributed by atoms with van der Waals surface area (Å²) in [7, 11) is 0. The minimum absolute atomic E-state index is 0.0261. The van der Waals surface area contributed by atoms with E-state index in [-0.39, 0.29) is 11.9 Å². The van der Waals surface area contributed by atoms with Gasteiger partial charge >= 0.3 is 0 Å². The number of anilines is 1. The van der Waals surface area contributed by atoms with Crippen molar-refractivity contribution in [3.8, 4) is 5.75 Å². The highest BCUT2D eigenvalue weighted by Gasteiger charge is 2.22. The normalized spacial score (nSPS) is 21.0. The number of hydrogen-bond acceptors (Lipinski definition) is 4. The molecular formula is C12H14N3OS. The molecule has 0 spiro atoms. The third-order valence-corrected chi connectivity index (χ3v) is 4.06. The van der Waals surface area contributed by atoms with Crippen LogP contribution in [0.5, 0.6) is 5.75 Å². The third-order valence-electron chi connectivity index (χ3n) is 3.27. The van der Waals surface area contributed by atoms with Crippen LogP contribution >= 0.6 is 11.3 Å². The lowest BCUT2D eigenvalue weighted by molar-refractivity contribution is 0.351. The standard InChI is InChI=1S/C12H14N3OS/c13-12-3-1-2-4-15(12)9-6-11-8(5-10(9)16)14-7-17-11/h5-7,12H,1-4,13H2. The average Bonchev–Trinajstić information content (AvgIpc) is 2.76. The molecule has 2 N–H and O–H groups in total. The molecule has 2 aromatic rings. The van der Waals surface area contributed by atoms with Gasteiger partial charge in [0.1, 0.15) is 0 Å². The fourth-order valence-electron chi connectivity index (χ4n) is 2.35. The van der Waals surface area contributed by atoms with Gasteiger partial charge < -0.3 is 10.6 Å². The Balaban J connectivity index is 2.05. The van der Waals surface area contributed by atoms with E-state index in [1.807, 2.05) is 11.0 Å². The third kappa shape index (κ3) is 1.85. The summed E-state index contributed by atoms with van der Waals surface area (Å²) < 4.78 is 1.05. The van der Waals surface area contributed by atoms with Crippen LogP contribution < -0.4 is 10.6 Å². The van der Waals surface area contributed by atoms with Gasteiger partial charge in [-0.25, -0.2) is 4.98 Å². The zero-order chi connectivity index (χ0) is 11.8. The molecule has 1 aromatic heterocycles. The summed E-state index contributed by atoms with van der Waals surface area (Å²) in [6, 6.07) is 3.54. The van der Waals surface area contributed by atoms with Gasteiger partial charge in [0.15, 0.2) is 0 Å². The van der Waals surface area contributed by atoms with Crippen LogP contribution in [-0.2, 0) is 5.11 Å². The van der Waals surface area contributed by atoms with Crippen LogP contribution in [0.1, 0.15) is 19.3 Å². The maximum atomic E-state index is 12.0. The molecule has 4 nitrogen and oxygen atoms in total. The number of hydrogen-bond donors (Lipinski definition) is 1. The van der Waals surface area contributed by atoms with Crippen molar-refractivity contribution in [1.29, 1.82) is 0 Å². The first kappa shape index (κ1) is 10.8. The van der Waals surface area contributed by atoms with Gasteiger partial charge in [-0.05, 0) is 25.3 Å². The number of nitrogens with two attached hydrogens (primary N) is 1. The number of rotatable bonds is 1. The van der Waals surface area contributed by atoms with Crippen molar-refractivity contribution >= 4 is 27.2 Å². The Labute approximate surface area is 104 Å². The number of thiazole rings is 1. The van der Waals surface area contributed by atoms with Crippen molar-refractivity contribution in [3.63, 3.8) is 0 Å². The van der Waals surface area contributed by atoms with E-state index < -0.39 is 0 Å². The van der Waals surface area contributed by atoms with Gasteiger partial charge in [-0.1, -0.05) is 0 Å². The average molecular weight is 248 g/mol. The van der Waals surface area contributed by atoms with E-state index in [0.717, 1.165) is 41.7 Å². The summed E-state index contributed by atoms with van der Waals surface area (Å²) >= 11 is 1.56. The SMILES string of the molecule is NC1CCCCN1c1cc2scnc2cc1[O]. The maximum Gasteiger partial charge on any atom is 0.204 e. The zero-order valence-electron chi connectivity index (χ0n) is 9.43. The highest BCUT2D eigenvalue weighted by atomic mass is 32.1. The summed E-state index contributed by atoms with van der Waals surface area (Å²) in [5.41, 5.74) is 9.36. The second kappa shape index (κ2) is 4.16. The van der Waals surface area contributed by atoms with Crippen molar-refractivity contribution in [2.24, 2.45) is 5.73 Å². The topological polar surface area (TPSA) is 62.0 Å². The summed E-state index contributed by atoms with van der Waals surface area (Å²) in [4.78, 5) is 6.19. The minimum atomic E-state index is -0.0261. The molecule has 1 radical (unpaired) electrons. The summed E-state index contributed by atoms with van der Waals surface area (Å²) in [5.74, 6) is 0.0285. The molecule has 0 bridgehead atoms. The van der Waals surface area contributed by atoms with Gasteiger partial charge in [0.2, 0.25) is 5.75 Å². The molecule has 5 heteroatoms. The summed E-state index contributed by atoms with van der Waals surface area (Å²) in [5, 5.41) is 12.0. The number of benzene rings is 1. The lowest BCUT2D eigenvalue weighted by Crippen LogP contribution is -2.45. The van der Waals surface area contributed by atoms with E-state index in [9.17, 15) is 5.11 Å². The van der Waals surface area contributed by atoms with E-state index in [4.69, 9.17) is 5.73 Å². The fraction of sp³-hybridized carbons (Fsp3) is 0.417. The van der Waals surface area contributed by atoms with E-state index in [1.54, 1.807) is 22.9 Å². The van der Waals surface area contributed by atoms with Crippen LogP contribution in [0.15, 0.2) is 17.6 Å². The van der Waals surface area contributed by atoms with E-state index in [1.165, 1.54) is 0 Å². The van der Waals surface area contributed by atoms with Crippen molar-refractivity contribution in [3.05, 3.63) is 17.6 Å². The zero-order valence-corrected chi connectivity index (χ0v) is 10.2. The Morgan fingerprint density at radius 3 is 3.12 bits per heavy atom. The second-order valence-electron chi connectivity index (χ2n) is 4.40. The second-order valence-corrected chi connectivity index (χ2v) is 5.28. The van der Waals surface area contributed by atoms with Crippen LogP contribution in [0.25, 0.3) is 10.2 Å². The lowest BCUT2D eigenvalue weighted by atomic mass is 10.1. The van der Waals surface area contributed by atoms with Crippen molar-refractivity contribution in [2.45, 2.75) is 25.4 Å². The van der Waals surface area contributed by atoms with Gasteiger partial charge in [-0.15, -0.1) is 11.3 Å². The molecule has 0 aliphatic carbocycles. The lowest BCUT2D eigenvalue weighted by Gasteiger charge is -2.34. The van der Waals surface area contributed by atoms with Gasteiger partial charge in [0.05, 0.1) is 27.6 Å². The minimum Gasteiger partial charge on any atom is -0.353 e. The van der Waals surface area contributed by atoms with E-state index in [0.29, 0.717) is 0 Å². The van der Waals surface area contributed by atoms with Crippen molar-refractivity contribution < 1.29 is 5.11 Å². The molecule has 1 unspecified atom stereocenters. The molecule has 2 heterocycles. The quantitative estimate of drug-likeness (QED) is 0.844. The predicted molar refractivity (Wildman–Crippen MR) is 68.9 cm³/mol. The first-order chi connectivity index (χ1) is 8.25. The molecule has 0 saturated carbocycles. The summed E-state index contributed by atoms with van der Waals surface area (Å²) in [6.45, 7) is 0.876. The predicted octanol–water partition coefficient (Wildman–Crippen LogP) is 2.72. The van der Waals surface area contributed by atoms with Crippen molar-refractivity contribution in [2.75, 3.05) is 11.4 Å². The Morgan fingerprint density at radius 1 is 1.41 bits per heavy atom. The molecule has 3 rings (SSSR count). The number of nitrogens with zero attached hydrogens (tertiary/aromatic N) is 2. The molecule has 1 saturated heterocycles. The molecule has 0 amide bonds. The Kier molecular flexibility index (Phi) is 2.64. The van der Waals surface area contributed by atoms with E-state index in [2.05, 4.69) is 4.98 Å². The molecular weight excluding hydrogens is 234 g/mol. The van der Waals surface area contributed by atoms with Crippen LogP contribution in [0.2, 0.25) is 0 Å². The molecule has 1 aromatic carbocycles. The van der Waals surface area contributed by atoms with Crippen LogP contribution in [0, 0.1) is 0 Å². The molecule has 1 aliphatic rings. The van der Waals surface area contributed by atoms with Gasteiger partial charge in [0, 0.05) is 12.6 Å². The first-order valence-corrected chi connectivity index (χ1v) is 6.70. The highest BCUT2D eigenvalue weighted by molar-refractivity contribution is 7.16. The number of fused-ring (bicyclic) bond motifs is 1. The first-order valence-electron chi connectivity index (χ1n) is 5.82. The summed E-state index contributed by atoms with van der Waals surface area (Å²) in [6.07, 6.45) is 3.18. The Bertz CT molecular complexity index is 540. The molecule has 1 aliphatic heterocycles. The van der Waals surface area contributed by atoms with Gasteiger partial charge in [0.25, 0.3) is 0 Å². The monoisotopic (exact) mass is 248 g/mol. The van der Waals surface area contributed by atoms with Crippen molar-refractivity contribution in [1.82, 2.24) is 4.98 Å². The largest absolute Gasteiger partial charge is 0.353 e.